The molecule has 1 heterocycles. The van der Waals surface area contributed by atoms with Gasteiger partial charge in [0.05, 0.1) is 16.9 Å². The molecule has 0 aromatic carbocycles. The molecule has 0 saturated heterocycles. The zero-order chi connectivity index (χ0) is 10.7. The van der Waals surface area contributed by atoms with E-state index in [9.17, 15) is 19.7 Å². The summed E-state index contributed by atoms with van der Waals surface area (Å²) >= 11 is 0.643. The van der Waals surface area contributed by atoms with Crippen molar-refractivity contribution < 1.29 is 19.2 Å². The largest absolute Gasteiger partial charge is 0.465 e. The van der Waals surface area contributed by atoms with Crippen LogP contribution >= 0.6 is 11.3 Å². The van der Waals surface area contributed by atoms with Crippen molar-refractivity contribution in [2.75, 3.05) is 7.11 Å². The summed E-state index contributed by atoms with van der Waals surface area (Å²) in [5.74, 6) is -0.818. The van der Waals surface area contributed by atoms with Crippen molar-refractivity contribution in [2.24, 2.45) is 0 Å². The van der Waals surface area contributed by atoms with Crippen molar-refractivity contribution in [3.63, 3.8) is 0 Å². The number of nitro groups is 1. The number of ether oxygens (including phenoxy) is 1. The summed E-state index contributed by atoms with van der Waals surface area (Å²) in [6, 6.07) is 1.14. The number of carbonyl (C=O) groups is 2. The number of hydrogen-bond donors (Lipinski definition) is 0. The zero-order valence-electron chi connectivity index (χ0n) is 7.05. The fourth-order valence-electron chi connectivity index (χ4n) is 0.850. The van der Waals surface area contributed by atoms with Crippen LogP contribution in [0.4, 0.5) is 5.00 Å². The Morgan fingerprint density at radius 1 is 1.71 bits per heavy atom. The lowest BCUT2D eigenvalue weighted by molar-refractivity contribution is -0.380. The predicted octanol–water partition coefficient (Wildman–Crippen LogP) is 1.26. The van der Waals surface area contributed by atoms with Gasteiger partial charge in [-0.05, 0) is 6.07 Å². The highest BCUT2D eigenvalue weighted by atomic mass is 32.1. The second-order valence-corrected chi connectivity index (χ2v) is 3.30. The van der Waals surface area contributed by atoms with Crippen molar-refractivity contribution in [2.45, 2.75) is 0 Å². The molecule has 74 valence electrons. The van der Waals surface area contributed by atoms with E-state index in [1.54, 1.807) is 0 Å². The molecule has 0 fully saturated rings. The fraction of sp³-hybridized carbons (Fsp3) is 0.143. The van der Waals surface area contributed by atoms with Crippen molar-refractivity contribution in [1.82, 2.24) is 0 Å². The van der Waals surface area contributed by atoms with Gasteiger partial charge >= 0.3 is 11.0 Å². The van der Waals surface area contributed by atoms with Crippen molar-refractivity contribution in [3.05, 3.63) is 26.6 Å². The predicted molar refractivity (Wildman–Crippen MR) is 47.7 cm³/mol. The molecular formula is C7H5NO5S. The van der Waals surface area contributed by atoms with Crippen LogP contribution in [0.5, 0.6) is 0 Å². The highest BCUT2D eigenvalue weighted by Gasteiger charge is 2.25. The van der Waals surface area contributed by atoms with E-state index < -0.39 is 10.9 Å². The van der Waals surface area contributed by atoms with Gasteiger partial charge < -0.3 is 4.74 Å². The maximum absolute atomic E-state index is 11.0. The Morgan fingerprint density at radius 3 is 2.79 bits per heavy atom. The smallest absolute Gasteiger partial charge is 0.345 e. The topological polar surface area (TPSA) is 86.5 Å². The zero-order valence-corrected chi connectivity index (χ0v) is 7.87. The van der Waals surface area contributed by atoms with E-state index >= 15 is 0 Å². The number of nitrogens with zero attached hydrogens (tertiary/aromatic N) is 1. The van der Waals surface area contributed by atoms with Gasteiger partial charge in [0.15, 0.2) is 6.29 Å². The van der Waals surface area contributed by atoms with E-state index in [4.69, 9.17) is 0 Å². The normalized spacial score (nSPS) is 9.50. The monoisotopic (exact) mass is 215 g/mol. The first-order valence-corrected chi connectivity index (χ1v) is 4.23. The molecule has 0 aliphatic heterocycles. The number of esters is 1. The number of hydrogen-bond acceptors (Lipinski definition) is 6. The molecule has 0 saturated carbocycles. The van der Waals surface area contributed by atoms with Crippen LogP contribution < -0.4 is 0 Å². The number of aldehydes is 1. The van der Waals surface area contributed by atoms with Crippen LogP contribution in [-0.2, 0) is 4.74 Å². The molecule has 0 spiro atoms. The summed E-state index contributed by atoms with van der Waals surface area (Å²) in [6.45, 7) is 0. The average molecular weight is 215 g/mol. The van der Waals surface area contributed by atoms with Crippen LogP contribution in [0.1, 0.15) is 20.0 Å². The van der Waals surface area contributed by atoms with Gasteiger partial charge in [-0.25, -0.2) is 4.79 Å². The standard InChI is InChI=1S/C7H5NO5S/c1-13-7(10)5-2-4(3-9)14-6(5)8(11)12/h2-3H,1H3. The maximum atomic E-state index is 11.0. The highest BCUT2D eigenvalue weighted by molar-refractivity contribution is 7.17. The lowest BCUT2D eigenvalue weighted by atomic mass is 10.3. The molecule has 1 aromatic rings. The van der Waals surface area contributed by atoms with Gasteiger partial charge in [0.2, 0.25) is 0 Å². The Morgan fingerprint density at radius 2 is 2.36 bits per heavy atom. The minimum atomic E-state index is -0.818. The van der Waals surface area contributed by atoms with E-state index in [2.05, 4.69) is 4.74 Å². The van der Waals surface area contributed by atoms with Crippen molar-refractivity contribution in [3.8, 4) is 0 Å². The van der Waals surface area contributed by atoms with Crippen molar-refractivity contribution >= 4 is 28.6 Å². The first kappa shape index (κ1) is 10.3. The molecule has 0 bridgehead atoms. The quantitative estimate of drug-likeness (QED) is 0.328. The van der Waals surface area contributed by atoms with Gasteiger partial charge in [-0.3, -0.25) is 14.9 Å². The number of rotatable bonds is 3. The number of carbonyl (C=O) groups excluding carboxylic acids is 2. The van der Waals surface area contributed by atoms with Gasteiger partial charge in [-0.1, -0.05) is 11.3 Å². The summed E-state index contributed by atoms with van der Waals surface area (Å²) in [5, 5.41) is 10.1. The Labute approximate surface area is 82.3 Å². The van der Waals surface area contributed by atoms with Gasteiger partial charge in [-0.15, -0.1) is 0 Å². The highest BCUT2D eigenvalue weighted by Crippen LogP contribution is 2.29. The minimum Gasteiger partial charge on any atom is -0.465 e. The maximum Gasteiger partial charge on any atom is 0.345 e. The molecule has 14 heavy (non-hydrogen) atoms. The van der Waals surface area contributed by atoms with Crippen LogP contribution in [0, 0.1) is 10.1 Å². The Kier molecular flexibility index (Phi) is 2.92. The third-order valence-corrected chi connectivity index (χ3v) is 2.43. The van der Waals surface area contributed by atoms with Crippen LogP contribution in [0.25, 0.3) is 0 Å². The third kappa shape index (κ3) is 1.77. The lowest BCUT2D eigenvalue weighted by Crippen LogP contribution is -2.02. The lowest BCUT2D eigenvalue weighted by Gasteiger charge is -1.93. The molecular weight excluding hydrogens is 210 g/mol. The van der Waals surface area contributed by atoms with Crippen LogP contribution in [0.15, 0.2) is 6.07 Å². The van der Waals surface area contributed by atoms with Crippen LogP contribution in [0.3, 0.4) is 0 Å². The number of thiophene rings is 1. The number of methoxy groups -OCH3 is 1. The summed E-state index contributed by atoms with van der Waals surface area (Å²) in [7, 11) is 1.12. The summed E-state index contributed by atoms with van der Waals surface area (Å²) in [5.41, 5.74) is -0.190. The molecule has 0 radical (unpaired) electrons. The molecule has 1 rings (SSSR count). The first-order valence-electron chi connectivity index (χ1n) is 3.42. The van der Waals surface area contributed by atoms with E-state index in [0.717, 1.165) is 13.2 Å². The Balaban J connectivity index is 3.25. The first-order chi connectivity index (χ1) is 6.60. The molecule has 0 aliphatic carbocycles. The Hall–Kier alpha value is -1.76. The second-order valence-electron chi connectivity index (χ2n) is 2.23. The van der Waals surface area contributed by atoms with Crippen LogP contribution in [-0.4, -0.2) is 24.3 Å². The van der Waals surface area contributed by atoms with Gasteiger partial charge in [0.1, 0.15) is 5.56 Å². The minimum absolute atomic E-state index is 0.122. The van der Waals surface area contributed by atoms with E-state index in [-0.39, 0.29) is 15.4 Å². The second kappa shape index (κ2) is 3.97. The fourth-order valence-corrected chi connectivity index (χ4v) is 1.62. The third-order valence-electron chi connectivity index (χ3n) is 1.42. The van der Waals surface area contributed by atoms with Gasteiger partial charge in [-0.2, -0.15) is 0 Å². The summed E-state index contributed by atoms with van der Waals surface area (Å²) in [4.78, 5) is 31.2. The average Bonchev–Trinajstić information content (AvgIpc) is 2.60. The van der Waals surface area contributed by atoms with Crippen molar-refractivity contribution in [1.29, 1.82) is 0 Å². The van der Waals surface area contributed by atoms with E-state index in [1.165, 1.54) is 0 Å². The summed E-state index contributed by atoms with van der Waals surface area (Å²) in [6.07, 6.45) is 0.449. The van der Waals surface area contributed by atoms with E-state index in [1.807, 2.05) is 0 Å². The molecule has 6 nitrogen and oxygen atoms in total. The molecule has 0 atom stereocenters. The molecule has 7 heteroatoms. The molecule has 0 unspecified atom stereocenters. The van der Waals surface area contributed by atoms with E-state index in [0.29, 0.717) is 17.6 Å². The molecule has 0 amide bonds. The molecule has 0 N–H and O–H groups in total. The van der Waals surface area contributed by atoms with Crippen LogP contribution in [0.2, 0.25) is 0 Å². The summed E-state index contributed by atoms with van der Waals surface area (Å²) < 4.78 is 4.33. The SMILES string of the molecule is COC(=O)c1cc(C=O)sc1[N+](=O)[O-]. The molecule has 1 aromatic heterocycles. The Bertz CT molecular complexity index is 397. The van der Waals surface area contributed by atoms with Gasteiger partial charge in [0.25, 0.3) is 0 Å². The van der Waals surface area contributed by atoms with Gasteiger partial charge in [0, 0.05) is 0 Å². The molecule has 0 aliphatic rings.